The van der Waals surface area contributed by atoms with E-state index in [1.54, 1.807) is 6.07 Å². The summed E-state index contributed by atoms with van der Waals surface area (Å²) in [4.78, 5) is 2.53. The van der Waals surface area contributed by atoms with Gasteiger partial charge in [-0.1, -0.05) is 11.2 Å². The van der Waals surface area contributed by atoms with E-state index < -0.39 is 12.2 Å². The summed E-state index contributed by atoms with van der Waals surface area (Å²) < 4.78 is 0. The standard InChI is InChI=1S/C11H12N4O3/c12-6-8-5-7(1-2-9(8)16)11(18)10(17)3-4-14-15-13/h1-2,5,10-11,16-18H,3-4H2. The number of hydrogen-bond donors (Lipinski definition) is 3. The van der Waals surface area contributed by atoms with E-state index in [4.69, 9.17) is 10.8 Å². The SMILES string of the molecule is N#Cc1cc(C(O)C(O)CCN=[N+]=[N-])ccc1O. The average Bonchev–Trinajstić information content (AvgIpc) is 2.38. The molecule has 2 atom stereocenters. The molecule has 0 saturated heterocycles. The molecule has 1 rings (SSSR count). The summed E-state index contributed by atoms with van der Waals surface area (Å²) in [6.45, 7) is 0.0674. The van der Waals surface area contributed by atoms with Gasteiger partial charge in [-0.2, -0.15) is 5.26 Å². The maximum absolute atomic E-state index is 9.82. The first kappa shape index (κ1) is 13.8. The zero-order valence-corrected chi connectivity index (χ0v) is 9.43. The molecule has 2 unspecified atom stereocenters. The van der Waals surface area contributed by atoms with Crippen LogP contribution in [0.3, 0.4) is 0 Å². The number of hydrogen-bond acceptors (Lipinski definition) is 5. The zero-order valence-electron chi connectivity index (χ0n) is 9.43. The third-order valence-corrected chi connectivity index (χ3v) is 2.44. The molecule has 7 heteroatoms. The van der Waals surface area contributed by atoms with Gasteiger partial charge in [0.2, 0.25) is 0 Å². The molecule has 7 nitrogen and oxygen atoms in total. The van der Waals surface area contributed by atoms with Gasteiger partial charge in [0.1, 0.15) is 17.9 Å². The van der Waals surface area contributed by atoms with Crippen molar-refractivity contribution in [2.75, 3.05) is 6.54 Å². The van der Waals surface area contributed by atoms with Crippen LogP contribution in [-0.4, -0.2) is 28.0 Å². The van der Waals surface area contributed by atoms with Crippen molar-refractivity contribution < 1.29 is 15.3 Å². The number of aliphatic hydroxyl groups is 2. The Morgan fingerprint density at radius 1 is 1.44 bits per heavy atom. The lowest BCUT2D eigenvalue weighted by atomic mass is 10.00. The van der Waals surface area contributed by atoms with Crippen molar-refractivity contribution in [2.45, 2.75) is 18.6 Å². The third kappa shape index (κ3) is 3.37. The monoisotopic (exact) mass is 248 g/mol. The number of nitrogens with zero attached hydrogens (tertiary/aromatic N) is 4. The first-order valence-corrected chi connectivity index (χ1v) is 5.20. The average molecular weight is 248 g/mol. The van der Waals surface area contributed by atoms with Crippen molar-refractivity contribution in [1.82, 2.24) is 0 Å². The Morgan fingerprint density at radius 3 is 2.78 bits per heavy atom. The van der Waals surface area contributed by atoms with E-state index in [9.17, 15) is 15.3 Å². The van der Waals surface area contributed by atoms with Crippen LogP contribution in [0.1, 0.15) is 23.7 Å². The summed E-state index contributed by atoms with van der Waals surface area (Å²) in [6.07, 6.45) is -2.20. The number of aromatic hydroxyl groups is 1. The molecule has 0 bridgehead atoms. The van der Waals surface area contributed by atoms with Crippen molar-refractivity contribution in [2.24, 2.45) is 5.11 Å². The fraction of sp³-hybridized carbons (Fsp3) is 0.364. The third-order valence-electron chi connectivity index (χ3n) is 2.44. The number of benzene rings is 1. The van der Waals surface area contributed by atoms with Gasteiger partial charge in [0.25, 0.3) is 0 Å². The number of aliphatic hydroxyl groups excluding tert-OH is 2. The second-order valence-electron chi connectivity index (χ2n) is 3.64. The molecule has 18 heavy (non-hydrogen) atoms. The highest BCUT2D eigenvalue weighted by Crippen LogP contribution is 2.24. The van der Waals surface area contributed by atoms with Crippen molar-refractivity contribution in [3.63, 3.8) is 0 Å². The van der Waals surface area contributed by atoms with Crippen molar-refractivity contribution >= 4 is 0 Å². The van der Waals surface area contributed by atoms with E-state index in [0.717, 1.165) is 0 Å². The van der Waals surface area contributed by atoms with Gasteiger partial charge in [0.15, 0.2) is 0 Å². The molecule has 0 aliphatic carbocycles. The first-order valence-electron chi connectivity index (χ1n) is 5.20. The summed E-state index contributed by atoms with van der Waals surface area (Å²) in [5, 5.41) is 40.8. The maximum atomic E-state index is 9.82. The molecular formula is C11H12N4O3. The maximum Gasteiger partial charge on any atom is 0.133 e. The molecule has 0 spiro atoms. The number of rotatable bonds is 5. The highest BCUT2D eigenvalue weighted by Gasteiger charge is 2.18. The van der Waals surface area contributed by atoms with Gasteiger partial charge >= 0.3 is 0 Å². The predicted molar refractivity (Wildman–Crippen MR) is 62.4 cm³/mol. The summed E-state index contributed by atoms with van der Waals surface area (Å²) in [5.74, 6) is -0.183. The molecule has 0 fully saturated rings. The van der Waals surface area contributed by atoms with Crippen molar-refractivity contribution in [3.8, 4) is 11.8 Å². The Hall–Kier alpha value is -2.26. The molecule has 0 amide bonds. The lowest BCUT2D eigenvalue weighted by Gasteiger charge is -2.17. The highest BCUT2D eigenvalue weighted by molar-refractivity contribution is 5.45. The second kappa shape index (κ2) is 6.47. The number of phenolic OH excluding ortho intramolecular Hbond substituents is 1. The van der Waals surface area contributed by atoms with Crippen molar-refractivity contribution in [3.05, 3.63) is 39.8 Å². The molecular weight excluding hydrogens is 236 g/mol. The zero-order chi connectivity index (χ0) is 13.5. The van der Waals surface area contributed by atoms with Crippen LogP contribution in [0.4, 0.5) is 0 Å². The van der Waals surface area contributed by atoms with Crippen LogP contribution in [0, 0.1) is 11.3 Å². The molecule has 3 N–H and O–H groups in total. The molecule has 1 aromatic carbocycles. The van der Waals surface area contributed by atoms with E-state index in [2.05, 4.69) is 10.0 Å². The van der Waals surface area contributed by atoms with Gasteiger partial charge in [-0.3, -0.25) is 0 Å². The van der Waals surface area contributed by atoms with E-state index in [0.29, 0.717) is 5.56 Å². The van der Waals surface area contributed by atoms with E-state index in [-0.39, 0.29) is 24.3 Å². The number of phenols is 1. The van der Waals surface area contributed by atoms with Crippen LogP contribution in [0.25, 0.3) is 10.4 Å². The molecule has 0 radical (unpaired) electrons. The van der Waals surface area contributed by atoms with Gasteiger partial charge in [0, 0.05) is 11.5 Å². The molecule has 0 aliphatic heterocycles. The lowest BCUT2D eigenvalue weighted by Crippen LogP contribution is -2.19. The fourth-order valence-electron chi connectivity index (χ4n) is 1.44. The lowest BCUT2D eigenvalue weighted by molar-refractivity contribution is 0.0150. The Bertz CT molecular complexity index is 506. The Kier molecular flexibility index (Phi) is 4.96. The molecule has 1 aromatic rings. The van der Waals surface area contributed by atoms with Crippen LogP contribution >= 0.6 is 0 Å². The fourth-order valence-corrected chi connectivity index (χ4v) is 1.44. The minimum absolute atomic E-state index is 0.0220. The van der Waals surface area contributed by atoms with Gasteiger partial charge in [-0.05, 0) is 29.6 Å². The summed E-state index contributed by atoms with van der Waals surface area (Å²) in [7, 11) is 0. The quantitative estimate of drug-likeness (QED) is 0.412. The summed E-state index contributed by atoms with van der Waals surface area (Å²) >= 11 is 0. The highest BCUT2D eigenvalue weighted by atomic mass is 16.3. The summed E-state index contributed by atoms with van der Waals surface area (Å²) in [6, 6.07) is 5.76. The Labute approximate surface area is 103 Å². The minimum Gasteiger partial charge on any atom is -0.507 e. The smallest absolute Gasteiger partial charge is 0.133 e. The number of azide groups is 1. The molecule has 0 aromatic heterocycles. The number of nitriles is 1. The van der Waals surface area contributed by atoms with Crippen molar-refractivity contribution in [1.29, 1.82) is 5.26 Å². The Morgan fingerprint density at radius 2 is 2.17 bits per heavy atom. The summed E-state index contributed by atoms with van der Waals surface area (Å²) in [5.41, 5.74) is 8.42. The largest absolute Gasteiger partial charge is 0.507 e. The van der Waals surface area contributed by atoms with E-state index in [1.807, 2.05) is 0 Å². The van der Waals surface area contributed by atoms with E-state index in [1.165, 1.54) is 18.2 Å². The molecule has 94 valence electrons. The minimum atomic E-state index is -1.20. The van der Waals surface area contributed by atoms with Crippen LogP contribution in [0.15, 0.2) is 23.3 Å². The van der Waals surface area contributed by atoms with Crippen LogP contribution in [-0.2, 0) is 0 Å². The molecule has 0 aliphatic rings. The topological polar surface area (TPSA) is 133 Å². The Balaban J connectivity index is 2.80. The van der Waals surface area contributed by atoms with Gasteiger partial charge in [-0.15, -0.1) is 0 Å². The van der Waals surface area contributed by atoms with Gasteiger partial charge in [0.05, 0.1) is 11.7 Å². The van der Waals surface area contributed by atoms with Crippen LogP contribution in [0.5, 0.6) is 5.75 Å². The molecule has 0 heterocycles. The molecule has 0 saturated carbocycles. The first-order chi connectivity index (χ1) is 8.60. The van der Waals surface area contributed by atoms with Gasteiger partial charge in [-0.25, -0.2) is 0 Å². The normalized spacial score (nSPS) is 13.2. The predicted octanol–water partition coefficient (Wildman–Crippen LogP) is 1.36. The van der Waals surface area contributed by atoms with Crippen LogP contribution in [0.2, 0.25) is 0 Å². The van der Waals surface area contributed by atoms with Crippen LogP contribution < -0.4 is 0 Å². The second-order valence-corrected chi connectivity index (χ2v) is 3.64. The van der Waals surface area contributed by atoms with E-state index >= 15 is 0 Å². The van der Waals surface area contributed by atoms with Gasteiger partial charge < -0.3 is 15.3 Å².